The van der Waals surface area contributed by atoms with Gasteiger partial charge >= 0.3 is 12.1 Å². The van der Waals surface area contributed by atoms with E-state index in [4.69, 9.17) is 9.84 Å². The molecule has 0 saturated heterocycles. The quantitative estimate of drug-likeness (QED) is 0.873. The SMILES string of the molecule is CC(C)OC(=O)N(CCC(=O)O)c1ccccc1. The molecule has 0 heterocycles. The van der Waals surface area contributed by atoms with E-state index in [1.165, 1.54) is 4.90 Å². The fraction of sp³-hybridized carbons (Fsp3) is 0.385. The van der Waals surface area contributed by atoms with Crippen LogP contribution in [-0.4, -0.2) is 29.8 Å². The molecular formula is C13H17NO4. The normalized spacial score (nSPS) is 10.2. The van der Waals surface area contributed by atoms with Crippen LogP contribution in [0.4, 0.5) is 10.5 Å². The van der Waals surface area contributed by atoms with Crippen molar-refractivity contribution in [2.75, 3.05) is 11.4 Å². The fourth-order valence-electron chi connectivity index (χ4n) is 1.41. The Morgan fingerprint density at radius 3 is 2.39 bits per heavy atom. The van der Waals surface area contributed by atoms with Crippen LogP contribution in [0.15, 0.2) is 30.3 Å². The monoisotopic (exact) mass is 251 g/mol. The minimum Gasteiger partial charge on any atom is -0.481 e. The maximum Gasteiger partial charge on any atom is 0.414 e. The lowest BCUT2D eigenvalue weighted by Crippen LogP contribution is -2.34. The third-order valence-corrected chi connectivity index (χ3v) is 2.17. The summed E-state index contributed by atoms with van der Waals surface area (Å²) in [6.07, 6.45) is -0.895. The Balaban J connectivity index is 2.81. The van der Waals surface area contributed by atoms with Crippen molar-refractivity contribution in [3.05, 3.63) is 30.3 Å². The van der Waals surface area contributed by atoms with E-state index >= 15 is 0 Å². The summed E-state index contributed by atoms with van der Waals surface area (Å²) in [5, 5.41) is 8.69. The minimum atomic E-state index is -0.951. The highest BCUT2D eigenvalue weighted by Gasteiger charge is 2.18. The predicted octanol–water partition coefficient (Wildman–Crippen LogP) is 2.51. The van der Waals surface area contributed by atoms with Crippen LogP contribution < -0.4 is 4.90 Å². The van der Waals surface area contributed by atoms with Crippen LogP contribution in [-0.2, 0) is 9.53 Å². The van der Waals surface area contributed by atoms with Crippen LogP contribution in [0.1, 0.15) is 20.3 Å². The number of amides is 1. The molecule has 0 saturated carbocycles. The molecule has 0 unspecified atom stereocenters. The first-order valence-electron chi connectivity index (χ1n) is 5.75. The van der Waals surface area contributed by atoms with Gasteiger partial charge in [-0.25, -0.2) is 4.79 Å². The van der Waals surface area contributed by atoms with Gasteiger partial charge < -0.3 is 9.84 Å². The van der Waals surface area contributed by atoms with Gasteiger partial charge in [0.2, 0.25) is 0 Å². The number of carboxylic acids is 1. The highest BCUT2D eigenvalue weighted by Crippen LogP contribution is 2.15. The van der Waals surface area contributed by atoms with Crippen LogP contribution >= 0.6 is 0 Å². The first-order valence-corrected chi connectivity index (χ1v) is 5.75. The van der Waals surface area contributed by atoms with Crippen molar-refractivity contribution < 1.29 is 19.4 Å². The molecule has 1 rings (SSSR count). The number of benzene rings is 1. The first kappa shape index (κ1) is 14.0. The molecule has 1 aromatic carbocycles. The number of nitrogens with zero attached hydrogens (tertiary/aromatic N) is 1. The molecule has 0 fully saturated rings. The van der Waals surface area contributed by atoms with E-state index in [9.17, 15) is 9.59 Å². The van der Waals surface area contributed by atoms with E-state index in [2.05, 4.69) is 0 Å². The van der Waals surface area contributed by atoms with Gasteiger partial charge in [-0.3, -0.25) is 9.69 Å². The number of aliphatic carboxylic acids is 1. The average Bonchev–Trinajstić information content (AvgIpc) is 2.29. The molecule has 98 valence electrons. The lowest BCUT2D eigenvalue weighted by Gasteiger charge is -2.22. The summed E-state index contributed by atoms with van der Waals surface area (Å²) < 4.78 is 5.09. The number of para-hydroxylation sites is 1. The number of carboxylic acid groups (broad SMARTS) is 1. The van der Waals surface area contributed by atoms with Gasteiger partial charge in [-0.15, -0.1) is 0 Å². The molecule has 0 spiro atoms. The maximum atomic E-state index is 11.9. The third-order valence-electron chi connectivity index (χ3n) is 2.17. The zero-order valence-corrected chi connectivity index (χ0v) is 10.5. The van der Waals surface area contributed by atoms with Crippen molar-refractivity contribution in [3.63, 3.8) is 0 Å². The van der Waals surface area contributed by atoms with Crippen LogP contribution in [0.5, 0.6) is 0 Å². The number of hydrogen-bond acceptors (Lipinski definition) is 3. The van der Waals surface area contributed by atoms with E-state index in [0.717, 1.165) is 0 Å². The summed E-state index contributed by atoms with van der Waals surface area (Å²) in [5.41, 5.74) is 0.629. The minimum absolute atomic E-state index is 0.0882. The van der Waals surface area contributed by atoms with Crippen LogP contribution in [0, 0.1) is 0 Å². The zero-order valence-electron chi connectivity index (χ0n) is 10.5. The second-order valence-electron chi connectivity index (χ2n) is 4.06. The van der Waals surface area contributed by atoms with Gasteiger partial charge in [0, 0.05) is 12.2 Å². The molecule has 0 aliphatic heterocycles. The van der Waals surface area contributed by atoms with Gasteiger partial charge in [-0.1, -0.05) is 18.2 Å². The lowest BCUT2D eigenvalue weighted by atomic mass is 10.3. The summed E-state index contributed by atoms with van der Waals surface area (Å²) in [6, 6.07) is 8.87. The Morgan fingerprint density at radius 2 is 1.89 bits per heavy atom. The lowest BCUT2D eigenvalue weighted by molar-refractivity contribution is -0.136. The molecule has 1 aromatic rings. The van der Waals surface area contributed by atoms with Crippen LogP contribution in [0.2, 0.25) is 0 Å². The summed E-state index contributed by atoms with van der Waals surface area (Å²) in [4.78, 5) is 23.8. The zero-order chi connectivity index (χ0) is 13.5. The molecule has 18 heavy (non-hydrogen) atoms. The Kier molecular flexibility index (Phi) is 5.17. The maximum absolute atomic E-state index is 11.9. The standard InChI is InChI=1S/C13H17NO4/c1-10(2)18-13(17)14(9-8-12(15)16)11-6-4-3-5-7-11/h3-7,10H,8-9H2,1-2H3,(H,15,16). The Hall–Kier alpha value is -2.04. The van der Waals surface area contributed by atoms with Crippen LogP contribution in [0.25, 0.3) is 0 Å². The van der Waals surface area contributed by atoms with Gasteiger partial charge in [0.05, 0.1) is 12.5 Å². The van der Waals surface area contributed by atoms with E-state index in [1.807, 2.05) is 6.07 Å². The molecule has 0 aliphatic carbocycles. The number of ether oxygens (including phenoxy) is 1. The van der Waals surface area contributed by atoms with Gasteiger partial charge in [0.25, 0.3) is 0 Å². The molecule has 5 heteroatoms. The van der Waals surface area contributed by atoms with Crippen molar-refractivity contribution in [2.24, 2.45) is 0 Å². The molecule has 0 radical (unpaired) electrons. The highest BCUT2D eigenvalue weighted by atomic mass is 16.6. The number of anilines is 1. The molecule has 0 aliphatic rings. The largest absolute Gasteiger partial charge is 0.481 e. The molecule has 1 N–H and O–H groups in total. The second kappa shape index (κ2) is 6.64. The van der Waals surface area contributed by atoms with Gasteiger partial charge in [-0.05, 0) is 26.0 Å². The van der Waals surface area contributed by atoms with Crippen molar-refractivity contribution in [1.82, 2.24) is 0 Å². The highest BCUT2D eigenvalue weighted by molar-refractivity contribution is 5.88. The fourth-order valence-corrected chi connectivity index (χ4v) is 1.41. The van der Waals surface area contributed by atoms with Crippen molar-refractivity contribution in [2.45, 2.75) is 26.4 Å². The number of carbonyl (C=O) groups is 2. The van der Waals surface area contributed by atoms with E-state index in [-0.39, 0.29) is 19.1 Å². The van der Waals surface area contributed by atoms with E-state index in [0.29, 0.717) is 5.69 Å². The number of carbonyl (C=O) groups excluding carboxylic acids is 1. The summed E-state index contributed by atoms with van der Waals surface area (Å²) in [7, 11) is 0. The van der Waals surface area contributed by atoms with Crippen molar-refractivity contribution >= 4 is 17.7 Å². The predicted molar refractivity (Wildman–Crippen MR) is 67.7 cm³/mol. The number of hydrogen-bond donors (Lipinski definition) is 1. The first-order chi connectivity index (χ1) is 8.50. The van der Waals surface area contributed by atoms with E-state index < -0.39 is 12.1 Å². The van der Waals surface area contributed by atoms with Gasteiger partial charge in [0.1, 0.15) is 0 Å². The van der Waals surface area contributed by atoms with Gasteiger partial charge in [0.15, 0.2) is 0 Å². The molecule has 5 nitrogen and oxygen atoms in total. The van der Waals surface area contributed by atoms with Gasteiger partial charge in [-0.2, -0.15) is 0 Å². The Morgan fingerprint density at radius 1 is 1.28 bits per heavy atom. The molecule has 0 bridgehead atoms. The second-order valence-corrected chi connectivity index (χ2v) is 4.06. The molecular weight excluding hydrogens is 234 g/mol. The van der Waals surface area contributed by atoms with Crippen molar-refractivity contribution in [3.8, 4) is 0 Å². The third kappa shape index (κ3) is 4.45. The smallest absolute Gasteiger partial charge is 0.414 e. The molecule has 1 amide bonds. The molecule has 0 aromatic heterocycles. The summed E-state index contributed by atoms with van der Waals surface area (Å²) >= 11 is 0. The number of rotatable bonds is 5. The van der Waals surface area contributed by atoms with Crippen molar-refractivity contribution in [1.29, 1.82) is 0 Å². The Labute approximate surface area is 106 Å². The molecule has 0 atom stereocenters. The summed E-state index contributed by atoms with van der Waals surface area (Å²) in [5.74, 6) is -0.951. The van der Waals surface area contributed by atoms with E-state index in [1.54, 1.807) is 38.1 Å². The Bertz CT molecular complexity index is 403. The van der Waals surface area contributed by atoms with Crippen LogP contribution in [0.3, 0.4) is 0 Å². The average molecular weight is 251 g/mol. The summed E-state index contributed by atoms with van der Waals surface area (Å²) in [6.45, 7) is 3.58. The topological polar surface area (TPSA) is 66.8 Å².